The van der Waals surface area contributed by atoms with E-state index in [1.165, 1.54) is 47.8 Å². The van der Waals surface area contributed by atoms with Gasteiger partial charge < -0.3 is 10.1 Å². The van der Waals surface area contributed by atoms with Crippen molar-refractivity contribution in [3.05, 3.63) is 24.3 Å². The standard InChI is InChI=1S/C21H30N2O5S/c1-3-23(4-2)29(26,27)19-9-7-18(8-10-19)22-20(24)14-28-21(25)13-17-12-15-5-6-16(17)11-15/h7-10,15-17H,3-6,11-14H2,1-2H3,(H,22,24)/t15-,16+,17+/m0/s1. The van der Waals surface area contributed by atoms with Crippen molar-refractivity contribution in [1.29, 1.82) is 0 Å². The molecule has 0 spiro atoms. The number of carbonyl (C=O) groups is 2. The van der Waals surface area contributed by atoms with Crippen molar-refractivity contribution in [2.45, 2.75) is 50.8 Å². The second kappa shape index (κ2) is 9.26. The largest absolute Gasteiger partial charge is 0.456 e. The maximum atomic E-state index is 12.5. The fourth-order valence-corrected chi connectivity index (χ4v) is 6.12. The van der Waals surface area contributed by atoms with E-state index in [9.17, 15) is 18.0 Å². The van der Waals surface area contributed by atoms with Crippen LogP contribution in [0.3, 0.4) is 0 Å². The number of amides is 1. The molecule has 2 bridgehead atoms. The molecule has 0 radical (unpaired) electrons. The van der Waals surface area contributed by atoms with Crippen molar-refractivity contribution >= 4 is 27.6 Å². The fourth-order valence-electron chi connectivity index (χ4n) is 4.67. The minimum absolute atomic E-state index is 0.177. The molecule has 8 heteroatoms. The van der Waals surface area contributed by atoms with Gasteiger partial charge in [-0.25, -0.2) is 8.42 Å². The average Bonchev–Trinajstić information content (AvgIpc) is 3.31. The molecule has 0 unspecified atom stereocenters. The first-order chi connectivity index (χ1) is 13.8. The number of hydrogen-bond donors (Lipinski definition) is 1. The Hall–Kier alpha value is -1.93. The molecule has 3 rings (SSSR count). The second-order valence-electron chi connectivity index (χ2n) is 7.96. The summed E-state index contributed by atoms with van der Waals surface area (Å²) in [7, 11) is -3.53. The van der Waals surface area contributed by atoms with Crippen LogP contribution < -0.4 is 5.32 Å². The highest BCUT2D eigenvalue weighted by atomic mass is 32.2. The molecular formula is C21H30N2O5S. The number of carbonyl (C=O) groups excluding carboxylic acids is 2. The van der Waals surface area contributed by atoms with Gasteiger partial charge in [0.05, 0.1) is 4.90 Å². The molecule has 2 aliphatic carbocycles. The maximum absolute atomic E-state index is 12.5. The van der Waals surface area contributed by atoms with Gasteiger partial charge in [0, 0.05) is 25.2 Å². The summed E-state index contributed by atoms with van der Waals surface area (Å²) in [5.74, 6) is 1.07. The van der Waals surface area contributed by atoms with E-state index >= 15 is 0 Å². The Bertz CT molecular complexity index is 833. The summed E-state index contributed by atoms with van der Waals surface area (Å²) in [4.78, 5) is 24.3. The third kappa shape index (κ3) is 5.17. The molecule has 29 heavy (non-hydrogen) atoms. The first-order valence-corrected chi connectivity index (χ1v) is 11.8. The lowest BCUT2D eigenvalue weighted by atomic mass is 9.86. The highest BCUT2D eigenvalue weighted by Crippen LogP contribution is 2.49. The van der Waals surface area contributed by atoms with Crippen LogP contribution in [0.25, 0.3) is 0 Å². The Balaban J connectivity index is 1.46. The summed E-state index contributed by atoms with van der Waals surface area (Å²) in [6, 6.07) is 5.99. The lowest BCUT2D eigenvalue weighted by Crippen LogP contribution is -2.30. The summed E-state index contributed by atoms with van der Waals surface area (Å²) in [6.07, 6.45) is 5.23. The molecule has 1 amide bonds. The first kappa shape index (κ1) is 21.8. The number of sulfonamides is 1. The van der Waals surface area contributed by atoms with Crippen LogP contribution in [0.15, 0.2) is 29.2 Å². The normalized spacial score (nSPS) is 23.3. The Morgan fingerprint density at radius 1 is 1.10 bits per heavy atom. The third-order valence-corrected chi connectivity index (χ3v) is 8.22. The van der Waals surface area contributed by atoms with Gasteiger partial charge in [0.2, 0.25) is 10.0 Å². The number of hydrogen-bond acceptors (Lipinski definition) is 5. The van der Waals surface area contributed by atoms with E-state index in [0.717, 1.165) is 12.3 Å². The van der Waals surface area contributed by atoms with E-state index in [4.69, 9.17) is 4.74 Å². The summed E-state index contributed by atoms with van der Waals surface area (Å²) in [5.41, 5.74) is 0.456. The molecule has 2 saturated carbocycles. The molecule has 2 aliphatic rings. The summed E-state index contributed by atoms with van der Waals surface area (Å²) in [5, 5.41) is 2.63. The van der Waals surface area contributed by atoms with Crippen molar-refractivity contribution < 1.29 is 22.7 Å². The Kier molecular flexibility index (Phi) is 6.95. The van der Waals surface area contributed by atoms with Crippen molar-refractivity contribution in [2.24, 2.45) is 17.8 Å². The number of anilines is 1. The minimum Gasteiger partial charge on any atom is -0.456 e. The van der Waals surface area contributed by atoms with Gasteiger partial charge in [-0.1, -0.05) is 20.3 Å². The number of nitrogens with one attached hydrogen (secondary N) is 1. The zero-order chi connectivity index (χ0) is 21.0. The predicted octanol–water partition coefficient (Wildman–Crippen LogP) is 3.03. The van der Waals surface area contributed by atoms with Crippen LogP contribution in [0, 0.1) is 17.8 Å². The predicted molar refractivity (Wildman–Crippen MR) is 110 cm³/mol. The maximum Gasteiger partial charge on any atom is 0.306 e. The number of ether oxygens (including phenoxy) is 1. The summed E-state index contributed by atoms with van der Waals surface area (Å²) < 4.78 is 31.5. The van der Waals surface area contributed by atoms with E-state index in [0.29, 0.717) is 37.0 Å². The monoisotopic (exact) mass is 422 g/mol. The SMILES string of the molecule is CCN(CC)S(=O)(=O)c1ccc(NC(=O)COC(=O)C[C@H]2C[C@H]3CC[C@@H]2C3)cc1. The second-order valence-corrected chi connectivity index (χ2v) is 9.90. The molecule has 1 aromatic carbocycles. The molecule has 1 N–H and O–H groups in total. The minimum atomic E-state index is -3.53. The van der Waals surface area contributed by atoms with Gasteiger partial charge in [0.1, 0.15) is 0 Å². The van der Waals surface area contributed by atoms with E-state index in [-0.39, 0.29) is 17.5 Å². The molecule has 2 fully saturated rings. The quantitative estimate of drug-likeness (QED) is 0.618. The Morgan fingerprint density at radius 2 is 1.79 bits per heavy atom. The number of fused-ring (bicyclic) bond motifs is 2. The Labute approximate surface area is 172 Å². The summed E-state index contributed by atoms with van der Waals surface area (Å²) >= 11 is 0. The average molecular weight is 423 g/mol. The van der Waals surface area contributed by atoms with Crippen LogP contribution in [0.1, 0.15) is 46.0 Å². The van der Waals surface area contributed by atoms with Crippen LogP contribution in [0.4, 0.5) is 5.69 Å². The number of esters is 1. The van der Waals surface area contributed by atoms with Gasteiger partial charge in [0.15, 0.2) is 6.61 Å². The lowest BCUT2D eigenvalue weighted by molar-refractivity contribution is -0.148. The molecule has 0 aliphatic heterocycles. The van der Waals surface area contributed by atoms with Gasteiger partial charge in [-0.05, 0) is 61.3 Å². The number of rotatable bonds is 9. The Morgan fingerprint density at radius 3 is 2.34 bits per heavy atom. The van der Waals surface area contributed by atoms with E-state index in [1.807, 2.05) is 0 Å². The van der Waals surface area contributed by atoms with Crippen LogP contribution >= 0.6 is 0 Å². The number of nitrogens with zero attached hydrogens (tertiary/aromatic N) is 1. The van der Waals surface area contributed by atoms with Crippen molar-refractivity contribution in [1.82, 2.24) is 4.31 Å². The van der Waals surface area contributed by atoms with Crippen molar-refractivity contribution in [2.75, 3.05) is 25.0 Å². The van der Waals surface area contributed by atoms with Crippen molar-refractivity contribution in [3.8, 4) is 0 Å². The van der Waals surface area contributed by atoms with Gasteiger partial charge >= 0.3 is 5.97 Å². The molecular weight excluding hydrogens is 392 g/mol. The van der Waals surface area contributed by atoms with Gasteiger partial charge in [-0.15, -0.1) is 0 Å². The van der Waals surface area contributed by atoms with Crippen LogP contribution in [-0.2, 0) is 24.3 Å². The molecule has 7 nitrogen and oxygen atoms in total. The fraction of sp³-hybridized carbons (Fsp3) is 0.619. The van der Waals surface area contributed by atoms with Crippen LogP contribution in [0.5, 0.6) is 0 Å². The zero-order valence-electron chi connectivity index (χ0n) is 17.1. The smallest absolute Gasteiger partial charge is 0.306 e. The topological polar surface area (TPSA) is 92.8 Å². The molecule has 0 heterocycles. The van der Waals surface area contributed by atoms with Gasteiger partial charge in [-0.3, -0.25) is 9.59 Å². The van der Waals surface area contributed by atoms with E-state index in [2.05, 4.69) is 5.32 Å². The van der Waals surface area contributed by atoms with Crippen LogP contribution in [-0.4, -0.2) is 44.3 Å². The summed E-state index contributed by atoms with van der Waals surface area (Å²) in [6.45, 7) is 4.03. The van der Waals surface area contributed by atoms with Gasteiger partial charge in [0.25, 0.3) is 5.91 Å². The van der Waals surface area contributed by atoms with Gasteiger partial charge in [-0.2, -0.15) is 4.31 Å². The zero-order valence-corrected chi connectivity index (χ0v) is 17.9. The molecule has 1 aromatic rings. The third-order valence-electron chi connectivity index (χ3n) is 6.16. The number of benzene rings is 1. The highest BCUT2D eigenvalue weighted by Gasteiger charge is 2.40. The highest BCUT2D eigenvalue weighted by molar-refractivity contribution is 7.89. The lowest BCUT2D eigenvalue weighted by Gasteiger charge is -2.20. The van der Waals surface area contributed by atoms with E-state index in [1.54, 1.807) is 13.8 Å². The molecule has 0 aromatic heterocycles. The molecule has 160 valence electrons. The van der Waals surface area contributed by atoms with E-state index < -0.39 is 15.9 Å². The first-order valence-electron chi connectivity index (χ1n) is 10.4. The van der Waals surface area contributed by atoms with Crippen molar-refractivity contribution in [3.63, 3.8) is 0 Å². The molecule has 0 saturated heterocycles. The van der Waals surface area contributed by atoms with Crippen LogP contribution in [0.2, 0.25) is 0 Å². The molecule has 3 atom stereocenters.